The topological polar surface area (TPSA) is 75.3 Å². The molecule has 1 aliphatic carbocycles. The number of nitrogens with one attached hydrogen (secondary N) is 1. The maximum Gasteiger partial charge on any atom is 0.417 e. The molecule has 0 saturated heterocycles. The predicted molar refractivity (Wildman–Crippen MR) is 117 cm³/mol. The van der Waals surface area contributed by atoms with Crippen molar-refractivity contribution >= 4 is 11.1 Å². The minimum atomic E-state index is -0.399. The molecule has 0 aliphatic heterocycles. The highest BCUT2D eigenvalue weighted by atomic mass is 19.1. The summed E-state index contributed by atoms with van der Waals surface area (Å²) in [7, 11) is 0. The molecule has 0 unspecified atom stereocenters. The number of oxazole rings is 1. The van der Waals surface area contributed by atoms with E-state index in [-0.39, 0.29) is 5.82 Å². The average Bonchev–Trinajstić information content (AvgIpc) is 3.14. The van der Waals surface area contributed by atoms with Crippen LogP contribution in [0.4, 0.5) is 4.39 Å². The lowest BCUT2D eigenvalue weighted by Gasteiger charge is -2.37. The fraction of sp³-hybridized carbons (Fsp3) is 0.458. The molecule has 0 bridgehead atoms. The second-order valence-electron chi connectivity index (χ2n) is 8.33. The van der Waals surface area contributed by atoms with E-state index in [2.05, 4.69) is 16.0 Å². The largest absolute Gasteiger partial charge is 0.417 e. The van der Waals surface area contributed by atoms with Crippen molar-refractivity contribution in [2.24, 2.45) is 5.73 Å². The van der Waals surface area contributed by atoms with Gasteiger partial charge in [0, 0.05) is 19.1 Å². The molecule has 1 saturated carbocycles. The van der Waals surface area contributed by atoms with Crippen LogP contribution in [0, 0.1) is 5.82 Å². The third-order valence-corrected chi connectivity index (χ3v) is 6.37. The Morgan fingerprint density at radius 3 is 2.57 bits per heavy atom. The average molecular weight is 412 g/mol. The third-order valence-electron chi connectivity index (χ3n) is 6.37. The molecule has 4 rings (SSSR count). The molecule has 1 aliphatic rings. The lowest BCUT2D eigenvalue weighted by Crippen LogP contribution is -2.41. The van der Waals surface area contributed by atoms with Gasteiger partial charge >= 0.3 is 5.76 Å². The van der Waals surface area contributed by atoms with Crippen LogP contribution in [0.1, 0.15) is 49.1 Å². The summed E-state index contributed by atoms with van der Waals surface area (Å²) in [6.45, 7) is 2.60. The van der Waals surface area contributed by atoms with Crippen molar-refractivity contribution in [2.75, 3.05) is 19.6 Å². The Bertz CT molecular complexity index is 1000. The van der Waals surface area contributed by atoms with Gasteiger partial charge in [-0.3, -0.25) is 9.88 Å². The molecule has 0 radical (unpaired) electrons. The zero-order valence-electron chi connectivity index (χ0n) is 17.3. The highest BCUT2D eigenvalue weighted by molar-refractivity contribution is 5.72. The number of nitrogens with zero attached hydrogens (tertiary/aromatic N) is 1. The molecule has 160 valence electrons. The number of rotatable bonds is 8. The highest BCUT2D eigenvalue weighted by Gasteiger charge is 2.26. The normalized spacial score (nSPS) is 19.6. The zero-order chi connectivity index (χ0) is 20.9. The Kier molecular flexibility index (Phi) is 6.65. The van der Waals surface area contributed by atoms with Gasteiger partial charge in [-0.1, -0.05) is 18.2 Å². The lowest BCUT2D eigenvalue weighted by atomic mass is 9.81. The quantitative estimate of drug-likeness (QED) is 0.583. The molecule has 6 heteroatoms. The number of hydrogen-bond donors (Lipinski definition) is 2. The number of aromatic amines is 1. The number of halogens is 1. The van der Waals surface area contributed by atoms with E-state index in [9.17, 15) is 9.18 Å². The number of hydrogen-bond acceptors (Lipinski definition) is 4. The third kappa shape index (κ3) is 4.99. The van der Waals surface area contributed by atoms with E-state index >= 15 is 0 Å². The first-order valence-corrected chi connectivity index (χ1v) is 10.9. The van der Waals surface area contributed by atoms with Gasteiger partial charge in [-0.2, -0.15) is 0 Å². The first-order chi connectivity index (χ1) is 14.6. The summed E-state index contributed by atoms with van der Waals surface area (Å²) in [6.07, 6.45) is 6.56. The zero-order valence-corrected chi connectivity index (χ0v) is 17.3. The first-order valence-electron chi connectivity index (χ1n) is 10.9. The Morgan fingerprint density at radius 2 is 1.83 bits per heavy atom. The second kappa shape index (κ2) is 9.58. The number of H-pyrrole nitrogens is 1. The number of aromatic nitrogens is 1. The van der Waals surface area contributed by atoms with Gasteiger partial charge in [-0.05, 0) is 86.4 Å². The van der Waals surface area contributed by atoms with Gasteiger partial charge < -0.3 is 10.2 Å². The maximum atomic E-state index is 13.1. The standard InChI is InChI=1S/C24H30FN3O2/c25-20-8-3-17(4-9-20)2-1-14-28(15-13-26)21-10-5-18(6-11-21)19-7-12-22-23(16-19)30-24(29)27-22/h3-4,7-9,12,16,18,21H,1-2,5-6,10-11,13-15,26H2,(H,27,29). The number of fused-ring (bicyclic) bond motifs is 1. The minimum Gasteiger partial charge on any atom is -0.408 e. The van der Waals surface area contributed by atoms with Gasteiger partial charge in [-0.25, -0.2) is 9.18 Å². The number of benzene rings is 2. The van der Waals surface area contributed by atoms with Crippen molar-refractivity contribution in [1.29, 1.82) is 0 Å². The molecular formula is C24H30FN3O2. The van der Waals surface area contributed by atoms with Crippen LogP contribution in [0.15, 0.2) is 51.7 Å². The summed E-state index contributed by atoms with van der Waals surface area (Å²) in [5.74, 6) is -0.0771. The van der Waals surface area contributed by atoms with E-state index in [0.29, 0.717) is 24.1 Å². The fourth-order valence-corrected chi connectivity index (χ4v) is 4.77. The predicted octanol–water partition coefficient (Wildman–Crippen LogP) is 4.18. The van der Waals surface area contributed by atoms with Gasteiger partial charge in [-0.15, -0.1) is 0 Å². The summed E-state index contributed by atoms with van der Waals surface area (Å²) < 4.78 is 18.3. The summed E-state index contributed by atoms with van der Waals surface area (Å²) in [6, 6.07) is 13.4. The summed E-state index contributed by atoms with van der Waals surface area (Å²) in [4.78, 5) is 16.6. The minimum absolute atomic E-state index is 0.182. The molecule has 5 nitrogen and oxygen atoms in total. The molecule has 1 fully saturated rings. The van der Waals surface area contributed by atoms with E-state index in [0.717, 1.165) is 57.1 Å². The molecule has 3 N–H and O–H groups in total. The van der Waals surface area contributed by atoms with Crippen LogP contribution >= 0.6 is 0 Å². The van der Waals surface area contributed by atoms with Crippen molar-refractivity contribution in [1.82, 2.24) is 9.88 Å². The maximum absolute atomic E-state index is 13.1. The molecule has 1 aromatic heterocycles. The molecule has 3 aromatic rings. The molecule has 30 heavy (non-hydrogen) atoms. The highest BCUT2D eigenvalue weighted by Crippen LogP contribution is 2.35. The number of aryl methyl sites for hydroxylation is 1. The summed E-state index contributed by atoms with van der Waals surface area (Å²) >= 11 is 0. The van der Waals surface area contributed by atoms with Crippen LogP contribution in [0.25, 0.3) is 11.1 Å². The van der Waals surface area contributed by atoms with Crippen molar-refractivity contribution in [2.45, 2.75) is 50.5 Å². The van der Waals surface area contributed by atoms with Crippen molar-refractivity contribution in [3.63, 3.8) is 0 Å². The monoisotopic (exact) mass is 411 g/mol. The van der Waals surface area contributed by atoms with Crippen LogP contribution in [-0.4, -0.2) is 35.6 Å². The Hall–Kier alpha value is -2.44. The first kappa shape index (κ1) is 20.8. The molecule has 0 spiro atoms. The molecule has 2 aromatic carbocycles. The van der Waals surface area contributed by atoms with Crippen LogP contribution < -0.4 is 11.5 Å². The van der Waals surface area contributed by atoms with Crippen molar-refractivity contribution in [3.8, 4) is 0 Å². The second-order valence-corrected chi connectivity index (χ2v) is 8.33. The Morgan fingerprint density at radius 1 is 1.07 bits per heavy atom. The van der Waals surface area contributed by atoms with E-state index in [1.807, 2.05) is 24.3 Å². The smallest absolute Gasteiger partial charge is 0.408 e. The Labute approximate surface area is 176 Å². The van der Waals surface area contributed by atoms with Crippen molar-refractivity contribution in [3.05, 3.63) is 70.0 Å². The SMILES string of the molecule is NCCN(CCCc1ccc(F)cc1)C1CCC(c2ccc3[nH]c(=O)oc3c2)CC1. The van der Waals surface area contributed by atoms with Gasteiger partial charge in [0.05, 0.1) is 5.52 Å². The van der Waals surface area contributed by atoms with Crippen LogP contribution in [0.5, 0.6) is 0 Å². The van der Waals surface area contributed by atoms with Gasteiger partial charge in [0.2, 0.25) is 0 Å². The molecular weight excluding hydrogens is 381 g/mol. The fourth-order valence-electron chi connectivity index (χ4n) is 4.77. The summed E-state index contributed by atoms with van der Waals surface area (Å²) in [5, 5.41) is 0. The Balaban J connectivity index is 1.31. The lowest BCUT2D eigenvalue weighted by molar-refractivity contribution is 0.151. The van der Waals surface area contributed by atoms with E-state index in [4.69, 9.17) is 10.2 Å². The van der Waals surface area contributed by atoms with E-state index in [1.165, 1.54) is 23.3 Å². The van der Waals surface area contributed by atoms with Gasteiger partial charge in [0.1, 0.15) is 5.82 Å². The van der Waals surface area contributed by atoms with E-state index < -0.39 is 5.76 Å². The summed E-state index contributed by atoms with van der Waals surface area (Å²) in [5.41, 5.74) is 9.72. The van der Waals surface area contributed by atoms with E-state index in [1.54, 1.807) is 0 Å². The molecule has 0 amide bonds. The number of nitrogens with two attached hydrogens (primary N) is 1. The van der Waals surface area contributed by atoms with Crippen LogP contribution in [-0.2, 0) is 6.42 Å². The molecule has 0 atom stereocenters. The van der Waals surface area contributed by atoms with Crippen LogP contribution in [0.3, 0.4) is 0 Å². The van der Waals surface area contributed by atoms with Gasteiger partial charge in [0.15, 0.2) is 5.58 Å². The van der Waals surface area contributed by atoms with Gasteiger partial charge in [0.25, 0.3) is 0 Å². The molecule has 1 heterocycles. The van der Waals surface area contributed by atoms with Crippen molar-refractivity contribution < 1.29 is 8.81 Å². The van der Waals surface area contributed by atoms with Crippen LogP contribution in [0.2, 0.25) is 0 Å².